The maximum atomic E-state index is 13.3. The minimum Gasteiger partial charge on any atom is -0.494 e. The highest BCUT2D eigenvalue weighted by atomic mass is 79.9. The molecule has 0 spiro atoms. The van der Waals surface area contributed by atoms with E-state index in [-0.39, 0.29) is 5.57 Å². The summed E-state index contributed by atoms with van der Waals surface area (Å²) in [6.45, 7) is 8.31. The average molecular weight is 547 g/mol. The van der Waals surface area contributed by atoms with Gasteiger partial charge in [-0.15, -0.1) is 0 Å². The minimum absolute atomic E-state index is 0.130. The van der Waals surface area contributed by atoms with E-state index in [1.807, 2.05) is 25.1 Å². The molecule has 0 saturated carbocycles. The number of hydrogen-bond donors (Lipinski definition) is 1. The molecule has 0 atom stereocenters. The van der Waals surface area contributed by atoms with E-state index in [1.54, 1.807) is 25.1 Å². The summed E-state index contributed by atoms with van der Waals surface area (Å²) >= 11 is 3.67. The molecule has 36 heavy (non-hydrogen) atoms. The van der Waals surface area contributed by atoms with Crippen molar-refractivity contribution in [1.82, 2.24) is 5.32 Å². The summed E-state index contributed by atoms with van der Waals surface area (Å²) in [5.41, 5.74) is 6.16. The minimum atomic E-state index is -0.767. The van der Waals surface area contributed by atoms with Crippen LogP contribution >= 0.6 is 15.9 Å². The summed E-state index contributed by atoms with van der Waals surface area (Å²) in [7, 11) is 0. The van der Waals surface area contributed by atoms with E-state index >= 15 is 0 Å². The molecule has 6 nitrogen and oxygen atoms in total. The SMILES string of the molecule is CCOc1cc(/C=C2\C(=O)NC(=O)N(c3ccccc3C)C2=O)cc(Br)c1Cc1cc(C)cc(C)c1. The van der Waals surface area contributed by atoms with Crippen LogP contribution in [0.3, 0.4) is 0 Å². The molecule has 1 N–H and O–H groups in total. The topological polar surface area (TPSA) is 75.7 Å². The summed E-state index contributed by atoms with van der Waals surface area (Å²) in [5.74, 6) is -0.747. The van der Waals surface area contributed by atoms with Crippen LogP contribution in [0.2, 0.25) is 0 Å². The first-order valence-corrected chi connectivity index (χ1v) is 12.5. The number of amides is 4. The number of halogens is 1. The normalized spacial score (nSPS) is 14.9. The fourth-order valence-electron chi connectivity index (χ4n) is 4.40. The molecular weight excluding hydrogens is 520 g/mol. The molecule has 1 aliphatic heterocycles. The van der Waals surface area contributed by atoms with Crippen molar-refractivity contribution in [2.45, 2.75) is 34.1 Å². The molecule has 1 heterocycles. The molecule has 0 radical (unpaired) electrons. The van der Waals surface area contributed by atoms with E-state index < -0.39 is 17.8 Å². The molecule has 3 aromatic carbocycles. The van der Waals surface area contributed by atoms with Gasteiger partial charge in [0.05, 0.1) is 12.3 Å². The van der Waals surface area contributed by atoms with Crippen LogP contribution in [0.4, 0.5) is 10.5 Å². The van der Waals surface area contributed by atoms with Crippen molar-refractivity contribution in [1.29, 1.82) is 0 Å². The number of ether oxygens (including phenoxy) is 1. The number of carbonyl (C=O) groups is 3. The molecule has 1 saturated heterocycles. The molecule has 0 aromatic heterocycles. The number of imide groups is 2. The Labute approximate surface area is 219 Å². The molecule has 4 rings (SSSR count). The first kappa shape index (κ1) is 25.4. The number of nitrogens with one attached hydrogen (secondary N) is 1. The molecular formula is C29H27BrN2O4. The second-order valence-electron chi connectivity index (χ2n) is 8.83. The highest BCUT2D eigenvalue weighted by Crippen LogP contribution is 2.33. The molecule has 0 aliphatic carbocycles. The Kier molecular flexibility index (Phi) is 7.40. The first-order valence-electron chi connectivity index (χ1n) is 11.7. The Morgan fingerprint density at radius 2 is 1.67 bits per heavy atom. The summed E-state index contributed by atoms with van der Waals surface area (Å²) in [6, 6.07) is 16.4. The number of urea groups is 1. The van der Waals surface area contributed by atoms with Crippen LogP contribution in [0.1, 0.15) is 40.3 Å². The van der Waals surface area contributed by atoms with Crippen LogP contribution < -0.4 is 15.0 Å². The van der Waals surface area contributed by atoms with E-state index in [4.69, 9.17) is 4.74 Å². The van der Waals surface area contributed by atoms with Crippen molar-refractivity contribution in [3.8, 4) is 5.75 Å². The van der Waals surface area contributed by atoms with Crippen molar-refractivity contribution in [3.05, 3.63) is 98.0 Å². The van der Waals surface area contributed by atoms with Gasteiger partial charge in [0.25, 0.3) is 11.8 Å². The van der Waals surface area contributed by atoms with Crippen LogP contribution in [0.5, 0.6) is 5.75 Å². The Morgan fingerprint density at radius 1 is 0.972 bits per heavy atom. The van der Waals surface area contributed by atoms with Crippen molar-refractivity contribution < 1.29 is 19.1 Å². The van der Waals surface area contributed by atoms with Crippen LogP contribution in [0.25, 0.3) is 6.08 Å². The molecule has 7 heteroatoms. The zero-order chi connectivity index (χ0) is 26.0. The third-order valence-corrected chi connectivity index (χ3v) is 6.62. The Morgan fingerprint density at radius 3 is 2.33 bits per heavy atom. The van der Waals surface area contributed by atoms with E-state index in [0.29, 0.717) is 30.0 Å². The number of aryl methyl sites for hydroxylation is 3. The lowest BCUT2D eigenvalue weighted by atomic mass is 9.98. The summed E-state index contributed by atoms with van der Waals surface area (Å²) < 4.78 is 6.75. The van der Waals surface area contributed by atoms with Crippen molar-refractivity contribution in [2.24, 2.45) is 0 Å². The largest absolute Gasteiger partial charge is 0.494 e. The van der Waals surface area contributed by atoms with E-state index in [9.17, 15) is 14.4 Å². The van der Waals surface area contributed by atoms with Gasteiger partial charge < -0.3 is 4.74 Å². The number of hydrogen-bond acceptors (Lipinski definition) is 4. The number of benzene rings is 3. The predicted molar refractivity (Wildman–Crippen MR) is 144 cm³/mol. The van der Waals surface area contributed by atoms with Crippen LogP contribution in [0, 0.1) is 20.8 Å². The maximum Gasteiger partial charge on any atom is 0.335 e. The van der Waals surface area contributed by atoms with Gasteiger partial charge in [-0.2, -0.15) is 0 Å². The first-order chi connectivity index (χ1) is 17.2. The van der Waals surface area contributed by atoms with Gasteiger partial charge in [0.15, 0.2) is 0 Å². The van der Waals surface area contributed by atoms with Crippen molar-refractivity contribution in [3.63, 3.8) is 0 Å². The van der Waals surface area contributed by atoms with E-state index in [1.165, 1.54) is 17.2 Å². The number of carbonyl (C=O) groups excluding carboxylic acids is 3. The van der Waals surface area contributed by atoms with Gasteiger partial charge >= 0.3 is 6.03 Å². The van der Waals surface area contributed by atoms with Gasteiger partial charge in [0.1, 0.15) is 11.3 Å². The molecule has 1 aliphatic rings. The zero-order valence-electron chi connectivity index (χ0n) is 20.6. The smallest absolute Gasteiger partial charge is 0.335 e. The van der Waals surface area contributed by atoms with Gasteiger partial charge in [-0.3, -0.25) is 14.9 Å². The highest BCUT2D eigenvalue weighted by molar-refractivity contribution is 9.10. The molecule has 3 aromatic rings. The monoisotopic (exact) mass is 546 g/mol. The van der Waals surface area contributed by atoms with Gasteiger partial charge in [-0.05, 0) is 68.7 Å². The van der Waals surface area contributed by atoms with Crippen LogP contribution in [0.15, 0.2) is 64.6 Å². The second kappa shape index (κ2) is 10.5. The van der Waals surface area contributed by atoms with Gasteiger partial charge in [0, 0.05) is 16.5 Å². The molecule has 0 bridgehead atoms. The number of anilines is 1. The number of rotatable bonds is 6. The third kappa shape index (κ3) is 5.26. The van der Waals surface area contributed by atoms with Gasteiger partial charge in [0.2, 0.25) is 0 Å². The Hall–Kier alpha value is -3.71. The third-order valence-electron chi connectivity index (χ3n) is 5.91. The van der Waals surface area contributed by atoms with Crippen LogP contribution in [-0.2, 0) is 16.0 Å². The summed E-state index contributed by atoms with van der Waals surface area (Å²) in [5, 5.41) is 2.28. The van der Waals surface area contributed by atoms with E-state index in [0.717, 1.165) is 26.1 Å². The number of barbiturate groups is 1. The standard InChI is InChI=1S/C29H27BrN2O4/c1-5-36-26-16-21(15-24(30)22(26)13-20-11-17(2)10-18(3)12-20)14-23-27(33)31-29(35)32(28(23)34)25-9-7-6-8-19(25)4/h6-12,14-16H,5,13H2,1-4H3,(H,31,33,35)/b23-14+. The average Bonchev–Trinajstić information content (AvgIpc) is 2.79. The van der Waals surface area contributed by atoms with E-state index in [2.05, 4.69) is 53.3 Å². The number of nitrogens with zero attached hydrogens (tertiary/aromatic N) is 1. The van der Waals surface area contributed by atoms with Gasteiger partial charge in [-0.1, -0.05) is 63.5 Å². The van der Waals surface area contributed by atoms with Crippen molar-refractivity contribution >= 4 is 45.5 Å². The molecule has 4 amide bonds. The zero-order valence-corrected chi connectivity index (χ0v) is 22.2. The second-order valence-corrected chi connectivity index (χ2v) is 9.68. The fraction of sp³-hybridized carbons (Fsp3) is 0.207. The quantitative estimate of drug-likeness (QED) is 0.302. The Bertz CT molecular complexity index is 1390. The fourth-order valence-corrected chi connectivity index (χ4v) is 5.00. The summed E-state index contributed by atoms with van der Waals surface area (Å²) in [6.07, 6.45) is 2.15. The number of para-hydroxylation sites is 1. The van der Waals surface area contributed by atoms with Crippen LogP contribution in [-0.4, -0.2) is 24.5 Å². The van der Waals surface area contributed by atoms with Crippen molar-refractivity contribution in [2.75, 3.05) is 11.5 Å². The molecule has 1 fully saturated rings. The predicted octanol–water partition coefficient (Wildman–Crippen LogP) is 6.03. The highest BCUT2D eigenvalue weighted by Gasteiger charge is 2.37. The lowest BCUT2D eigenvalue weighted by molar-refractivity contribution is -0.122. The Balaban J connectivity index is 1.74. The maximum absolute atomic E-state index is 13.3. The molecule has 184 valence electrons. The van der Waals surface area contributed by atoms with Gasteiger partial charge in [-0.25, -0.2) is 9.69 Å². The lowest BCUT2D eigenvalue weighted by Gasteiger charge is -2.27. The summed E-state index contributed by atoms with van der Waals surface area (Å²) in [4.78, 5) is 39.5. The molecule has 0 unspecified atom stereocenters. The lowest BCUT2D eigenvalue weighted by Crippen LogP contribution is -2.54.